The van der Waals surface area contributed by atoms with E-state index < -0.39 is 11.0 Å². The molecule has 2 unspecified atom stereocenters. The molecule has 0 saturated heterocycles. The van der Waals surface area contributed by atoms with Gasteiger partial charge in [0.2, 0.25) is 0 Å². The first-order valence-electron chi connectivity index (χ1n) is 9.30. The number of hydrogen-bond acceptors (Lipinski definition) is 4. The van der Waals surface area contributed by atoms with Crippen molar-refractivity contribution in [1.82, 2.24) is 0 Å². The molecule has 4 nitrogen and oxygen atoms in total. The Labute approximate surface area is 156 Å². The Morgan fingerprint density at radius 2 is 1.92 bits per heavy atom. The lowest BCUT2D eigenvalue weighted by Crippen LogP contribution is -2.56. The van der Waals surface area contributed by atoms with Gasteiger partial charge < -0.3 is 9.15 Å². The van der Waals surface area contributed by atoms with Crippen LogP contribution in [-0.4, -0.2) is 10.8 Å². The lowest BCUT2D eigenvalue weighted by atomic mass is 9.49. The Morgan fingerprint density at radius 3 is 2.62 bits per heavy atom. The monoisotopic (exact) mass is 372 g/mol. The minimum absolute atomic E-state index is 0.175. The second-order valence-electron chi connectivity index (χ2n) is 8.69. The molecule has 0 aliphatic heterocycles. The molecule has 4 saturated carbocycles. The van der Waals surface area contributed by atoms with Crippen LogP contribution in [0.1, 0.15) is 44.1 Å². The van der Waals surface area contributed by atoms with E-state index in [1.54, 1.807) is 12.1 Å². The van der Waals surface area contributed by atoms with Gasteiger partial charge in [0.1, 0.15) is 11.3 Å². The third kappa shape index (κ3) is 2.50. The van der Waals surface area contributed by atoms with Crippen LogP contribution in [0, 0.1) is 24.2 Å². The van der Waals surface area contributed by atoms with Gasteiger partial charge in [0.25, 0.3) is 0 Å². The smallest absolute Gasteiger partial charge is 0.336 e. The molecule has 1 aromatic carbocycles. The number of esters is 1. The van der Waals surface area contributed by atoms with Crippen LogP contribution < -0.4 is 10.4 Å². The average molecular weight is 373 g/mol. The van der Waals surface area contributed by atoms with Gasteiger partial charge in [-0.15, -0.1) is 11.6 Å². The van der Waals surface area contributed by atoms with Crippen LogP contribution in [0.15, 0.2) is 33.5 Å². The Kier molecular flexibility index (Phi) is 3.37. The van der Waals surface area contributed by atoms with E-state index in [-0.39, 0.29) is 10.8 Å². The predicted octanol–water partition coefficient (Wildman–Crippen LogP) is 4.58. The van der Waals surface area contributed by atoms with E-state index in [1.807, 2.05) is 13.0 Å². The summed E-state index contributed by atoms with van der Waals surface area (Å²) in [7, 11) is 0. The number of halogens is 1. The predicted molar refractivity (Wildman–Crippen MR) is 98.6 cm³/mol. The number of carbonyl (C=O) groups excluding carboxylic acids is 1. The third-order valence-corrected chi connectivity index (χ3v) is 7.00. The summed E-state index contributed by atoms with van der Waals surface area (Å²) in [6.07, 6.45) is 5.75. The first-order valence-corrected chi connectivity index (χ1v) is 9.68. The van der Waals surface area contributed by atoms with E-state index in [0.717, 1.165) is 43.1 Å². The Bertz CT molecular complexity index is 962. The van der Waals surface area contributed by atoms with Crippen molar-refractivity contribution in [3.05, 3.63) is 40.2 Å². The third-order valence-electron chi connectivity index (χ3n) is 6.56. The van der Waals surface area contributed by atoms with Gasteiger partial charge in [-0.2, -0.15) is 0 Å². The summed E-state index contributed by atoms with van der Waals surface area (Å²) >= 11 is 6.82. The van der Waals surface area contributed by atoms with Gasteiger partial charge in [0.15, 0.2) is 0 Å². The second kappa shape index (κ2) is 5.35. The molecule has 2 aromatic rings. The molecule has 1 heterocycles. The van der Waals surface area contributed by atoms with Gasteiger partial charge in [-0.1, -0.05) is 0 Å². The minimum Gasteiger partial charge on any atom is -0.426 e. The molecule has 2 atom stereocenters. The molecule has 5 heteroatoms. The van der Waals surface area contributed by atoms with E-state index >= 15 is 0 Å². The topological polar surface area (TPSA) is 56.5 Å². The summed E-state index contributed by atoms with van der Waals surface area (Å²) in [4.78, 5) is 24.5. The summed E-state index contributed by atoms with van der Waals surface area (Å²) in [6.45, 7) is 1.86. The van der Waals surface area contributed by atoms with Gasteiger partial charge in [-0.25, -0.2) is 4.79 Å². The standard InChI is InChI=1S/C21H21ClO4/c1-12-4-18(23)26-17-6-15(2-3-16(12)17)25-19(24)20-7-13-5-14(8-20)10-21(22,9-13)11-20/h2-4,6,13-14H,5,7-11H2,1H3. The zero-order valence-electron chi connectivity index (χ0n) is 14.7. The van der Waals surface area contributed by atoms with Crippen LogP contribution in [0.2, 0.25) is 0 Å². The zero-order chi connectivity index (χ0) is 18.1. The number of alkyl halides is 1. The van der Waals surface area contributed by atoms with Crippen molar-refractivity contribution in [2.24, 2.45) is 17.3 Å². The second-order valence-corrected chi connectivity index (χ2v) is 9.49. The van der Waals surface area contributed by atoms with Gasteiger partial charge in [0.05, 0.1) is 5.41 Å². The van der Waals surface area contributed by atoms with E-state index in [9.17, 15) is 9.59 Å². The van der Waals surface area contributed by atoms with Crippen LogP contribution in [0.3, 0.4) is 0 Å². The first-order chi connectivity index (χ1) is 12.3. The molecule has 0 N–H and O–H groups in total. The van der Waals surface area contributed by atoms with Crippen molar-refractivity contribution in [3.63, 3.8) is 0 Å². The van der Waals surface area contributed by atoms with E-state index in [1.165, 1.54) is 12.5 Å². The molecule has 4 aliphatic carbocycles. The van der Waals surface area contributed by atoms with E-state index in [0.29, 0.717) is 23.2 Å². The Balaban J connectivity index is 1.45. The summed E-state index contributed by atoms with van der Waals surface area (Å²) in [5, 5.41) is 0.846. The molecule has 0 spiro atoms. The molecule has 4 aliphatic rings. The van der Waals surface area contributed by atoms with Crippen molar-refractivity contribution < 1.29 is 13.9 Å². The molecule has 4 bridgehead atoms. The van der Waals surface area contributed by atoms with Crippen LogP contribution >= 0.6 is 11.6 Å². The molecular weight excluding hydrogens is 352 g/mol. The van der Waals surface area contributed by atoms with Crippen molar-refractivity contribution in [2.75, 3.05) is 0 Å². The highest BCUT2D eigenvalue weighted by molar-refractivity contribution is 6.24. The fourth-order valence-corrected chi connectivity index (χ4v) is 6.67. The fourth-order valence-electron chi connectivity index (χ4n) is 5.97. The molecule has 0 amide bonds. The zero-order valence-corrected chi connectivity index (χ0v) is 15.5. The quantitative estimate of drug-likeness (QED) is 0.335. The van der Waals surface area contributed by atoms with Crippen molar-refractivity contribution in [1.29, 1.82) is 0 Å². The Hall–Kier alpha value is -1.81. The normalized spacial score (nSPS) is 35.0. The maximum atomic E-state index is 13.1. The van der Waals surface area contributed by atoms with Crippen LogP contribution in [0.4, 0.5) is 0 Å². The van der Waals surface area contributed by atoms with E-state index in [4.69, 9.17) is 20.8 Å². The summed E-state index contributed by atoms with van der Waals surface area (Å²) in [5.74, 6) is 1.33. The maximum Gasteiger partial charge on any atom is 0.336 e. The molecular formula is C21H21ClO4. The van der Waals surface area contributed by atoms with Gasteiger partial charge in [-0.05, 0) is 75.0 Å². The summed E-state index contributed by atoms with van der Waals surface area (Å²) in [6, 6.07) is 6.70. The summed E-state index contributed by atoms with van der Waals surface area (Å²) in [5.41, 5.74) is 0.441. The molecule has 1 aromatic heterocycles. The average Bonchev–Trinajstić information content (AvgIpc) is 2.51. The lowest BCUT2D eigenvalue weighted by molar-refractivity contribution is -0.159. The lowest BCUT2D eigenvalue weighted by Gasteiger charge is -2.58. The highest BCUT2D eigenvalue weighted by atomic mass is 35.5. The van der Waals surface area contributed by atoms with Crippen LogP contribution in [0.25, 0.3) is 11.0 Å². The highest BCUT2D eigenvalue weighted by Gasteiger charge is 2.60. The number of ether oxygens (including phenoxy) is 1. The summed E-state index contributed by atoms with van der Waals surface area (Å²) < 4.78 is 11.0. The van der Waals surface area contributed by atoms with Crippen molar-refractivity contribution in [2.45, 2.75) is 50.3 Å². The molecule has 6 rings (SSSR count). The Morgan fingerprint density at radius 1 is 1.19 bits per heavy atom. The maximum absolute atomic E-state index is 13.1. The first kappa shape index (κ1) is 16.4. The number of benzene rings is 1. The number of fused-ring (bicyclic) bond motifs is 1. The highest BCUT2D eigenvalue weighted by Crippen LogP contribution is 2.64. The molecule has 26 heavy (non-hydrogen) atoms. The number of aryl methyl sites for hydroxylation is 1. The minimum atomic E-state index is -0.450. The fraction of sp³-hybridized carbons (Fsp3) is 0.524. The van der Waals surface area contributed by atoms with Crippen LogP contribution in [-0.2, 0) is 4.79 Å². The largest absolute Gasteiger partial charge is 0.426 e. The number of carbonyl (C=O) groups is 1. The van der Waals surface area contributed by atoms with Crippen molar-refractivity contribution >= 4 is 28.5 Å². The van der Waals surface area contributed by atoms with Crippen molar-refractivity contribution in [3.8, 4) is 5.75 Å². The van der Waals surface area contributed by atoms with Gasteiger partial charge in [-0.3, -0.25) is 4.79 Å². The van der Waals surface area contributed by atoms with E-state index in [2.05, 4.69) is 0 Å². The molecule has 136 valence electrons. The number of hydrogen-bond donors (Lipinski definition) is 0. The van der Waals surface area contributed by atoms with Gasteiger partial charge >= 0.3 is 11.6 Å². The van der Waals surface area contributed by atoms with Crippen LogP contribution in [0.5, 0.6) is 5.75 Å². The SMILES string of the molecule is Cc1cc(=O)oc2cc(OC(=O)C34CC5CC(CC(Cl)(C5)C3)C4)ccc12. The number of rotatable bonds is 2. The van der Waals surface area contributed by atoms with Gasteiger partial charge in [0, 0.05) is 22.4 Å². The molecule has 4 fully saturated rings. The molecule has 0 radical (unpaired) electrons.